The van der Waals surface area contributed by atoms with Crippen LogP contribution in [0.1, 0.15) is 10.5 Å². The van der Waals surface area contributed by atoms with E-state index >= 15 is 0 Å². The molecule has 1 N–H and O–H groups in total. The third-order valence-corrected chi connectivity index (χ3v) is 6.30. The third-order valence-electron chi connectivity index (χ3n) is 4.71. The third kappa shape index (κ3) is 3.33. The minimum Gasteiger partial charge on any atom is -0.497 e. The van der Waals surface area contributed by atoms with E-state index in [0.29, 0.717) is 28.4 Å². The molecule has 8 nitrogen and oxygen atoms in total. The first-order chi connectivity index (χ1) is 13.9. The zero-order valence-corrected chi connectivity index (χ0v) is 16.7. The lowest BCUT2D eigenvalue weighted by Crippen LogP contribution is -2.18. The molecule has 9 heteroatoms. The molecule has 3 aromatic rings. The van der Waals surface area contributed by atoms with Gasteiger partial charge in [0.2, 0.25) is 15.0 Å². The Labute approximate surface area is 168 Å². The zero-order valence-electron chi connectivity index (χ0n) is 15.9. The van der Waals surface area contributed by atoms with E-state index in [4.69, 9.17) is 9.47 Å². The van der Waals surface area contributed by atoms with Crippen molar-refractivity contribution in [2.24, 2.45) is 0 Å². The minimum atomic E-state index is -3.52. The van der Waals surface area contributed by atoms with Crippen molar-refractivity contribution in [1.29, 1.82) is 0 Å². The van der Waals surface area contributed by atoms with Crippen molar-refractivity contribution in [3.63, 3.8) is 0 Å². The summed E-state index contributed by atoms with van der Waals surface area (Å²) in [5.41, 5.74) is 1.58. The molecule has 1 aliphatic rings. The molecule has 1 aliphatic heterocycles. The van der Waals surface area contributed by atoms with Gasteiger partial charge in [-0.2, -0.15) is 0 Å². The highest BCUT2D eigenvalue weighted by atomic mass is 32.2. The van der Waals surface area contributed by atoms with Crippen LogP contribution in [0.5, 0.6) is 11.5 Å². The summed E-state index contributed by atoms with van der Waals surface area (Å²) in [7, 11) is -0.499. The highest BCUT2D eigenvalue weighted by molar-refractivity contribution is 7.91. The summed E-state index contributed by atoms with van der Waals surface area (Å²) in [6.45, 7) is 0.176. The molecule has 29 heavy (non-hydrogen) atoms. The molecule has 0 radical (unpaired) electrons. The predicted molar refractivity (Wildman–Crippen MR) is 107 cm³/mol. The van der Waals surface area contributed by atoms with Gasteiger partial charge >= 0.3 is 0 Å². The molecular weight excluding hydrogens is 394 g/mol. The van der Waals surface area contributed by atoms with Gasteiger partial charge in [-0.05, 0) is 12.1 Å². The average Bonchev–Trinajstić information content (AvgIpc) is 3.26. The van der Waals surface area contributed by atoms with E-state index in [2.05, 4.69) is 10.3 Å². The molecule has 0 bridgehead atoms. The van der Waals surface area contributed by atoms with Crippen LogP contribution in [0.4, 0.5) is 5.69 Å². The second-order valence-electron chi connectivity index (χ2n) is 6.45. The van der Waals surface area contributed by atoms with Gasteiger partial charge in [0.15, 0.2) is 0 Å². The smallest absolute Gasteiger partial charge is 0.274 e. The Morgan fingerprint density at radius 3 is 2.55 bits per heavy atom. The number of ether oxygens (including phenoxy) is 2. The Bertz CT molecular complexity index is 1190. The van der Waals surface area contributed by atoms with Crippen LogP contribution in [0, 0.1) is 0 Å². The van der Waals surface area contributed by atoms with E-state index in [0.717, 1.165) is 0 Å². The molecule has 4 rings (SSSR count). The topological polar surface area (TPSA) is 99.5 Å². The number of aromatic nitrogens is 2. The van der Waals surface area contributed by atoms with Gasteiger partial charge < -0.3 is 19.4 Å². The zero-order chi connectivity index (χ0) is 20.6. The summed E-state index contributed by atoms with van der Waals surface area (Å²) in [6, 6.07) is 14.1. The highest BCUT2D eigenvalue weighted by Gasteiger charge is 2.35. The first-order valence-corrected chi connectivity index (χ1v) is 10.5. The number of fused-ring (bicyclic) bond motifs is 1. The van der Waals surface area contributed by atoms with Gasteiger partial charge in [0, 0.05) is 18.2 Å². The lowest BCUT2D eigenvalue weighted by atomic mass is 10.1. The molecule has 2 heterocycles. The van der Waals surface area contributed by atoms with Crippen molar-refractivity contribution in [3.05, 3.63) is 54.2 Å². The molecule has 150 valence electrons. The standard InChI is InChI=1S/C20H19N3O5S/c1-27-14-8-9-16(28-2)15(12-14)21-19(24)18-17(13-6-4-3-5-7-13)22-20-23(18)10-11-29(20,25)26/h3-9,12H,10-11H2,1-2H3,(H,21,24). The number of nitrogens with zero attached hydrogens (tertiary/aromatic N) is 2. The second-order valence-corrected chi connectivity index (χ2v) is 8.45. The van der Waals surface area contributed by atoms with Crippen molar-refractivity contribution >= 4 is 21.4 Å². The quantitative estimate of drug-likeness (QED) is 0.690. The van der Waals surface area contributed by atoms with E-state index in [-0.39, 0.29) is 23.1 Å². The maximum absolute atomic E-state index is 13.2. The summed E-state index contributed by atoms with van der Waals surface area (Å²) in [6.07, 6.45) is 0. The van der Waals surface area contributed by atoms with Crippen molar-refractivity contribution in [3.8, 4) is 22.8 Å². The summed E-state index contributed by atoms with van der Waals surface area (Å²) < 4.78 is 36.7. The van der Waals surface area contributed by atoms with Crippen LogP contribution in [0.15, 0.2) is 53.7 Å². The van der Waals surface area contributed by atoms with E-state index in [1.165, 1.54) is 18.8 Å². The number of amides is 1. The number of carbonyl (C=O) groups is 1. The molecule has 0 atom stereocenters. The Hall–Kier alpha value is -3.33. The van der Waals surface area contributed by atoms with Gasteiger partial charge in [-0.25, -0.2) is 13.4 Å². The Kier molecular flexibility index (Phi) is 4.75. The number of carbonyl (C=O) groups excluding carboxylic acids is 1. The number of hydrogen-bond acceptors (Lipinski definition) is 6. The lowest BCUT2D eigenvalue weighted by molar-refractivity contribution is 0.101. The minimum absolute atomic E-state index is 0.0762. The summed E-state index contributed by atoms with van der Waals surface area (Å²) in [5, 5.41) is 2.72. The Balaban J connectivity index is 1.82. The molecule has 0 saturated heterocycles. The van der Waals surface area contributed by atoms with Crippen LogP contribution >= 0.6 is 0 Å². The normalized spacial score (nSPS) is 14.3. The van der Waals surface area contributed by atoms with Crippen LogP contribution < -0.4 is 14.8 Å². The Morgan fingerprint density at radius 1 is 1.10 bits per heavy atom. The molecule has 1 aromatic heterocycles. The van der Waals surface area contributed by atoms with Crippen molar-refractivity contribution in [2.45, 2.75) is 11.7 Å². The fourth-order valence-electron chi connectivity index (χ4n) is 3.30. The maximum atomic E-state index is 13.2. The van der Waals surface area contributed by atoms with E-state index in [9.17, 15) is 13.2 Å². The van der Waals surface area contributed by atoms with Crippen LogP contribution in [-0.4, -0.2) is 43.8 Å². The van der Waals surface area contributed by atoms with Gasteiger partial charge in [-0.15, -0.1) is 0 Å². The van der Waals surface area contributed by atoms with E-state index in [1.807, 2.05) is 6.07 Å². The summed E-state index contributed by atoms with van der Waals surface area (Å²) >= 11 is 0. The van der Waals surface area contributed by atoms with Crippen LogP contribution in [-0.2, 0) is 16.4 Å². The second kappa shape index (κ2) is 7.25. The number of nitrogens with one attached hydrogen (secondary N) is 1. The SMILES string of the molecule is COc1ccc(OC)c(NC(=O)c2c(-c3ccccc3)nc3n2CCS3(=O)=O)c1. The first kappa shape index (κ1) is 19.0. The number of rotatable bonds is 5. The van der Waals surface area contributed by atoms with E-state index < -0.39 is 15.7 Å². The van der Waals surface area contributed by atoms with Gasteiger partial charge in [0.25, 0.3) is 5.91 Å². The molecule has 0 saturated carbocycles. The van der Waals surface area contributed by atoms with Gasteiger partial charge in [-0.1, -0.05) is 30.3 Å². The van der Waals surface area contributed by atoms with Crippen LogP contribution in [0.2, 0.25) is 0 Å². The average molecular weight is 413 g/mol. The molecule has 0 aliphatic carbocycles. The van der Waals surface area contributed by atoms with Crippen molar-refractivity contribution in [2.75, 3.05) is 25.3 Å². The fourth-order valence-corrected chi connectivity index (χ4v) is 4.65. The molecule has 0 fully saturated rings. The van der Waals surface area contributed by atoms with Gasteiger partial charge in [-0.3, -0.25) is 4.79 Å². The van der Waals surface area contributed by atoms with Crippen molar-refractivity contribution in [1.82, 2.24) is 9.55 Å². The van der Waals surface area contributed by atoms with Crippen LogP contribution in [0.3, 0.4) is 0 Å². The van der Waals surface area contributed by atoms with Crippen LogP contribution in [0.25, 0.3) is 11.3 Å². The number of hydrogen-bond donors (Lipinski definition) is 1. The molecule has 0 unspecified atom stereocenters. The monoisotopic (exact) mass is 413 g/mol. The van der Waals surface area contributed by atoms with E-state index in [1.54, 1.807) is 42.5 Å². The molecule has 1 amide bonds. The number of sulfone groups is 1. The largest absolute Gasteiger partial charge is 0.497 e. The predicted octanol–water partition coefficient (Wildman–Crippen LogP) is 2.61. The number of anilines is 1. The highest BCUT2D eigenvalue weighted by Crippen LogP contribution is 2.33. The number of benzene rings is 2. The van der Waals surface area contributed by atoms with Crippen molar-refractivity contribution < 1.29 is 22.7 Å². The van der Waals surface area contributed by atoms with Gasteiger partial charge in [0.05, 0.1) is 25.7 Å². The molecule has 0 spiro atoms. The maximum Gasteiger partial charge on any atom is 0.274 e. The number of imidazole rings is 1. The fraction of sp³-hybridized carbons (Fsp3) is 0.200. The summed E-state index contributed by atoms with van der Waals surface area (Å²) in [4.78, 5) is 17.6. The first-order valence-electron chi connectivity index (χ1n) is 8.86. The lowest BCUT2D eigenvalue weighted by Gasteiger charge is -2.13. The van der Waals surface area contributed by atoms with Gasteiger partial charge in [0.1, 0.15) is 22.9 Å². The molecular formula is C20H19N3O5S. The Morgan fingerprint density at radius 2 is 1.86 bits per heavy atom. The number of methoxy groups -OCH3 is 2. The summed E-state index contributed by atoms with van der Waals surface area (Å²) in [5.74, 6) is 0.443. The molecule has 2 aromatic carbocycles.